The van der Waals surface area contributed by atoms with E-state index in [-0.39, 0.29) is 18.6 Å². The fourth-order valence-corrected chi connectivity index (χ4v) is 0.815. The van der Waals surface area contributed by atoms with E-state index in [1.165, 1.54) is 0 Å². The SMILES string of the molecule is N[C@@H](CCC(=O)C[Se])C(=O)O. The Balaban J connectivity index is 3.54. The summed E-state index contributed by atoms with van der Waals surface area (Å²) in [4.78, 5) is 20.8. The van der Waals surface area contributed by atoms with Crippen LogP contribution in [-0.2, 0) is 9.59 Å². The van der Waals surface area contributed by atoms with Gasteiger partial charge in [-0.05, 0) is 0 Å². The molecule has 0 aromatic rings. The summed E-state index contributed by atoms with van der Waals surface area (Å²) in [5.41, 5.74) is 5.16. The van der Waals surface area contributed by atoms with Gasteiger partial charge in [-0.1, -0.05) is 0 Å². The third kappa shape index (κ3) is 4.95. The summed E-state index contributed by atoms with van der Waals surface area (Å²) in [6, 6.07) is -0.912. The zero-order chi connectivity index (χ0) is 8.85. The van der Waals surface area contributed by atoms with Gasteiger partial charge >= 0.3 is 72.4 Å². The molecule has 3 N–H and O–H groups in total. The van der Waals surface area contributed by atoms with E-state index in [2.05, 4.69) is 16.0 Å². The molecule has 0 amide bonds. The zero-order valence-corrected chi connectivity index (χ0v) is 7.66. The number of hydrogen-bond donors (Lipinski definition) is 2. The molecule has 0 aliphatic carbocycles. The Kier molecular flexibility index (Phi) is 5.11. The van der Waals surface area contributed by atoms with Gasteiger partial charge in [0.15, 0.2) is 0 Å². The summed E-state index contributed by atoms with van der Waals surface area (Å²) in [7, 11) is 0. The Labute approximate surface area is 73.0 Å². The molecule has 5 heteroatoms. The molecule has 0 aliphatic heterocycles. The number of carboxylic acids is 1. The molecular weight excluding hydrogens is 213 g/mol. The minimum absolute atomic E-state index is 0.00157. The maximum atomic E-state index is 10.7. The number of carbonyl (C=O) groups excluding carboxylic acids is 1. The van der Waals surface area contributed by atoms with Crippen LogP contribution in [0.2, 0.25) is 5.32 Å². The monoisotopic (exact) mass is 224 g/mol. The van der Waals surface area contributed by atoms with E-state index in [1.54, 1.807) is 0 Å². The standard InChI is InChI=1S/C6H10NO3Se/c7-5(6(9)10)2-1-4(8)3-11/h5H,1-3,7H2,(H,9,10)/t5-/m0/s1. The van der Waals surface area contributed by atoms with E-state index in [0.717, 1.165) is 0 Å². The Morgan fingerprint density at radius 1 is 1.55 bits per heavy atom. The molecule has 0 heterocycles. The fourth-order valence-electron chi connectivity index (χ4n) is 0.512. The molecule has 0 aliphatic rings. The van der Waals surface area contributed by atoms with Crippen molar-refractivity contribution in [2.24, 2.45) is 5.73 Å². The number of carbonyl (C=O) groups is 2. The van der Waals surface area contributed by atoms with Crippen LogP contribution in [0.5, 0.6) is 0 Å². The summed E-state index contributed by atoms with van der Waals surface area (Å²) in [6.07, 6.45) is 0.455. The second-order valence-electron chi connectivity index (χ2n) is 2.17. The third-order valence-corrected chi connectivity index (χ3v) is 1.89. The number of aliphatic carboxylic acids is 1. The van der Waals surface area contributed by atoms with Crippen molar-refractivity contribution in [2.45, 2.75) is 24.2 Å². The Bertz CT molecular complexity index is 160. The van der Waals surface area contributed by atoms with Crippen molar-refractivity contribution < 1.29 is 14.7 Å². The van der Waals surface area contributed by atoms with Gasteiger partial charge < -0.3 is 0 Å². The molecule has 0 fully saturated rings. The van der Waals surface area contributed by atoms with E-state index in [1.807, 2.05) is 0 Å². The van der Waals surface area contributed by atoms with Gasteiger partial charge in [-0.3, -0.25) is 0 Å². The number of nitrogens with two attached hydrogens (primary N) is 1. The van der Waals surface area contributed by atoms with Crippen molar-refractivity contribution >= 4 is 27.8 Å². The fraction of sp³-hybridized carbons (Fsp3) is 0.667. The second kappa shape index (κ2) is 5.29. The van der Waals surface area contributed by atoms with Crippen LogP contribution in [0.1, 0.15) is 12.8 Å². The van der Waals surface area contributed by atoms with Crippen LogP contribution in [0.25, 0.3) is 0 Å². The predicted molar refractivity (Wildman–Crippen MR) is 40.4 cm³/mol. The average molecular weight is 223 g/mol. The van der Waals surface area contributed by atoms with Gasteiger partial charge in [0.25, 0.3) is 0 Å². The summed E-state index contributed by atoms with van der Waals surface area (Å²) in [5, 5.41) is 8.65. The van der Waals surface area contributed by atoms with E-state index in [4.69, 9.17) is 10.8 Å². The molecule has 0 aromatic carbocycles. The molecule has 0 rings (SSSR count). The van der Waals surface area contributed by atoms with Crippen LogP contribution in [0.3, 0.4) is 0 Å². The number of hydrogen-bond acceptors (Lipinski definition) is 3. The summed E-state index contributed by atoms with van der Waals surface area (Å²) in [5.74, 6) is -1.06. The van der Waals surface area contributed by atoms with E-state index >= 15 is 0 Å². The summed E-state index contributed by atoms with van der Waals surface area (Å²) >= 11 is 2.56. The molecule has 1 radical (unpaired) electrons. The average Bonchev–Trinajstić information content (AvgIpc) is 1.99. The maximum absolute atomic E-state index is 10.7. The van der Waals surface area contributed by atoms with Crippen molar-refractivity contribution in [1.29, 1.82) is 0 Å². The number of ketones is 1. The van der Waals surface area contributed by atoms with Crippen LogP contribution in [-0.4, -0.2) is 38.9 Å². The molecular formula is C6H10NO3Se. The van der Waals surface area contributed by atoms with Gasteiger partial charge in [-0.2, -0.15) is 0 Å². The van der Waals surface area contributed by atoms with E-state index < -0.39 is 12.0 Å². The van der Waals surface area contributed by atoms with Crippen LogP contribution in [0.15, 0.2) is 0 Å². The number of rotatable bonds is 5. The van der Waals surface area contributed by atoms with Crippen LogP contribution in [0, 0.1) is 0 Å². The second-order valence-corrected chi connectivity index (χ2v) is 2.77. The van der Waals surface area contributed by atoms with Crippen molar-refractivity contribution in [3.63, 3.8) is 0 Å². The quantitative estimate of drug-likeness (QED) is 0.606. The molecule has 0 saturated heterocycles. The molecule has 0 saturated carbocycles. The van der Waals surface area contributed by atoms with E-state index in [9.17, 15) is 9.59 Å². The van der Waals surface area contributed by atoms with Gasteiger partial charge in [0.2, 0.25) is 0 Å². The van der Waals surface area contributed by atoms with Crippen molar-refractivity contribution in [1.82, 2.24) is 0 Å². The van der Waals surface area contributed by atoms with Crippen LogP contribution < -0.4 is 5.73 Å². The topological polar surface area (TPSA) is 80.4 Å². The predicted octanol–water partition coefficient (Wildman–Crippen LogP) is -0.666. The van der Waals surface area contributed by atoms with Crippen LogP contribution >= 0.6 is 0 Å². The Morgan fingerprint density at radius 3 is 2.45 bits per heavy atom. The zero-order valence-electron chi connectivity index (χ0n) is 5.95. The van der Waals surface area contributed by atoms with E-state index in [0.29, 0.717) is 5.32 Å². The third-order valence-electron chi connectivity index (χ3n) is 1.21. The Hall–Kier alpha value is -0.381. The van der Waals surface area contributed by atoms with Gasteiger partial charge in [-0.15, -0.1) is 0 Å². The summed E-state index contributed by atoms with van der Waals surface area (Å²) < 4.78 is 0. The first-order valence-corrected chi connectivity index (χ1v) is 4.37. The minimum atomic E-state index is -1.06. The van der Waals surface area contributed by atoms with Gasteiger partial charge in [-0.25, -0.2) is 0 Å². The van der Waals surface area contributed by atoms with Gasteiger partial charge in [0.05, 0.1) is 0 Å². The molecule has 4 nitrogen and oxygen atoms in total. The van der Waals surface area contributed by atoms with Crippen molar-refractivity contribution in [3.05, 3.63) is 0 Å². The molecule has 0 aromatic heterocycles. The van der Waals surface area contributed by atoms with Crippen LogP contribution in [0.4, 0.5) is 0 Å². The van der Waals surface area contributed by atoms with Crippen molar-refractivity contribution in [3.8, 4) is 0 Å². The number of carboxylic acid groups (broad SMARTS) is 1. The molecule has 11 heavy (non-hydrogen) atoms. The first kappa shape index (κ1) is 10.6. The number of Topliss-reactive ketones (excluding diaryl/α,β-unsaturated/α-hetero) is 1. The van der Waals surface area contributed by atoms with Crippen molar-refractivity contribution in [2.75, 3.05) is 0 Å². The normalized spacial score (nSPS) is 12.5. The molecule has 0 unspecified atom stereocenters. The molecule has 0 spiro atoms. The van der Waals surface area contributed by atoms with Gasteiger partial charge in [0, 0.05) is 0 Å². The first-order chi connectivity index (χ1) is 5.07. The molecule has 1 atom stereocenters. The van der Waals surface area contributed by atoms with Gasteiger partial charge in [0.1, 0.15) is 0 Å². The molecule has 0 bridgehead atoms. The Morgan fingerprint density at radius 2 is 2.09 bits per heavy atom. The first-order valence-electron chi connectivity index (χ1n) is 3.16. The molecule has 63 valence electrons. The summed E-state index contributed by atoms with van der Waals surface area (Å²) in [6.45, 7) is 0.